The van der Waals surface area contributed by atoms with Crippen molar-refractivity contribution in [2.45, 2.75) is 20.8 Å². The maximum absolute atomic E-state index is 12.8. The SMILES string of the molecule is Cc1ccc(NC(=O)C(=O)c2c(C)n(C)c3ccccc23)c(C)c1. The van der Waals surface area contributed by atoms with E-state index < -0.39 is 11.7 Å². The Morgan fingerprint density at radius 1 is 1.00 bits per heavy atom. The molecule has 0 radical (unpaired) electrons. The third-order valence-corrected chi connectivity index (χ3v) is 4.46. The molecule has 3 aromatic rings. The molecule has 0 aliphatic carbocycles. The van der Waals surface area contributed by atoms with E-state index in [2.05, 4.69) is 5.32 Å². The number of aryl methyl sites for hydroxylation is 3. The van der Waals surface area contributed by atoms with Crippen LogP contribution in [0.25, 0.3) is 10.9 Å². The summed E-state index contributed by atoms with van der Waals surface area (Å²) in [4.78, 5) is 25.2. The summed E-state index contributed by atoms with van der Waals surface area (Å²) in [5.74, 6) is -1.12. The average molecular weight is 320 g/mol. The molecule has 0 aliphatic rings. The van der Waals surface area contributed by atoms with Crippen LogP contribution in [0.1, 0.15) is 27.2 Å². The summed E-state index contributed by atoms with van der Waals surface area (Å²) in [5.41, 5.74) is 4.91. The van der Waals surface area contributed by atoms with Gasteiger partial charge in [0.05, 0.1) is 5.56 Å². The number of hydrogen-bond acceptors (Lipinski definition) is 2. The molecular weight excluding hydrogens is 300 g/mol. The smallest absolute Gasteiger partial charge is 0.296 e. The maximum Gasteiger partial charge on any atom is 0.296 e. The number of Topliss-reactive ketones (excluding diaryl/α,β-unsaturated/α-hetero) is 1. The van der Waals surface area contributed by atoms with Gasteiger partial charge in [-0.2, -0.15) is 0 Å². The summed E-state index contributed by atoms with van der Waals surface area (Å²) in [7, 11) is 1.90. The second-order valence-corrected chi connectivity index (χ2v) is 6.14. The molecule has 122 valence electrons. The molecule has 0 unspecified atom stereocenters. The van der Waals surface area contributed by atoms with Gasteiger partial charge < -0.3 is 9.88 Å². The quantitative estimate of drug-likeness (QED) is 0.587. The number of hydrogen-bond donors (Lipinski definition) is 1. The lowest BCUT2D eigenvalue weighted by atomic mass is 10.1. The summed E-state index contributed by atoms with van der Waals surface area (Å²) in [6.07, 6.45) is 0. The summed E-state index contributed by atoms with van der Waals surface area (Å²) in [5, 5.41) is 3.54. The van der Waals surface area contributed by atoms with Gasteiger partial charge in [0, 0.05) is 29.3 Å². The van der Waals surface area contributed by atoms with Crippen LogP contribution < -0.4 is 5.32 Å². The highest BCUT2D eigenvalue weighted by Crippen LogP contribution is 2.26. The van der Waals surface area contributed by atoms with Gasteiger partial charge >= 0.3 is 0 Å². The van der Waals surface area contributed by atoms with Gasteiger partial charge in [-0.25, -0.2) is 0 Å². The number of carbonyl (C=O) groups is 2. The summed E-state index contributed by atoms with van der Waals surface area (Å²) >= 11 is 0. The van der Waals surface area contributed by atoms with Crippen LogP contribution >= 0.6 is 0 Å². The van der Waals surface area contributed by atoms with E-state index in [0.717, 1.165) is 27.7 Å². The molecule has 24 heavy (non-hydrogen) atoms. The molecule has 1 N–H and O–H groups in total. The van der Waals surface area contributed by atoms with Crippen molar-refractivity contribution in [3.63, 3.8) is 0 Å². The highest BCUT2D eigenvalue weighted by molar-refractivity contribution is 6.48. The fourth-order valence-electron chi connectivity index (χ4n) is 3.05. The minimum atomic E-state index is -0.610. The van der Waals surface area contributed by atoms with Crippen molar-refractivity contribution in [1.82, 2.24) is 4.57 Å². The number of nitrogens with one attached hydrogen (secondary N) is 1. The molecule has 2 aromatic carbocycles. The zero-order valence-corrected chi connectivity index (χ0v) is 14.3. The number of nitrogens with zero attached hydrogens (tertiary/aromatic N) is 1. The van der Waals surface area contributed by atoms with E-state index in [9.17, 15) is 9.59 Å². The maximum atomic E-state index is 12.8. The first-order chi connectivity index (χ1) is 11.4. The first kappa shape index (κ1) is 16.0. The number of ketones is 1. The van der Waals surface area contributed by atoms with Gasteiger partial charge in [0.15, 0.2) is 0 Å². The fourth-order valence-corrected chi connectivity index (χ4v) is 3.05. The molecule has 1 aromatic heterocycles. The number of carbonyl (C=O) groups excluding carboxylic acids is 2. The first-order valence-electron chi connectivity index (χ1n) is 7.87. The largest absolute Gasteiger partial charge is 0.347 e. The number of anilines is 1. The molecule has 3 rings (SSSR count). The summed E-state index contributed by atoms with van der Waals surface area (Å²) in [6.45, 7) is 5.76. The van der Waals surface area contributed by atoms with E-state index in [0.29, 0.717) is 11.3 Å². The standard InChI is InChI=1S/C20H20N2O2/c1-12-9-10-16(13(2)11-12)21-20(24)19(23)18-14(3)22(4)17-8-6-5-7-15(17)18/h5-11H,1-4H3,(H,21,24). The zero-order valence-electron chi connectivity index (χ0n) is 14.3. The lowest BCUT2D eigenvalue weighted by Gasteiger charge is -2.09. The molecule has 4 nitrogen and oxygen atoms in total. The minimum absolute atomic E-state index is 0.468. The van der Waals surface area contributed by atoms with Crippen molar-refractivity contribution in [3.8, 4) is 0 Å². The summed E-state index contributed by atoms with van der Waals surface area (Å²) in [6, 6.07) is 13.3. The van der Waals surface area contributed by atoms with E-state index in [4.69, 9.17) is 0 Å². The van der Waals surface area contributed by atoms with Crippen molar-refractivity contribution < 1.29 is 9.59 Å². The van der Waals surface area contributed by atoms with E-state index in [1.165, 1.54) is 0 Å². The van der Waals surface area contributed by atoms with Gasteiger partial charge in [-0.05, 0) is 38.5 Å². The fraction of sp³-hybridized carbons (Fsp3) is 0.200. The van der Waals surface area contributed by atoms with Crippen molar-refractivity contribution in [1.29, 1.82) is 0 Å². The number of amides is 1. The van der Waals surface area contributed by atoms with Gasteiger partial charge in [0.2, 0.25) is 0 Å². The van der Waals surface area contributed by atoms with Gasteiger partial charge in [0.1, 0.15) is 0 Å². The molecule has 0 saturated carbocycles. The Hall–Kier alpha value is -2.88. The molecule has 0 saturated heterocycles. The van der Waals surface area contributed by atoms with Crippen LogP contribution in [0.15, 0.2) is 42.5 Å². The van der Waals surface area contributed by atoms with E-state index in [1.807, 2.05) is 74.9 Å². The van der Waals surface area contributed by atoms with Crippen molar-refractivity contribution in [2.24, 2.45) is 7.05 Å². The Bertz CT molecular complexity index is 967. The molecule has 0 atom stereocenters. The topological polar surface area (TPSA) is 51.1 Å². The second kappa shape index (κ2) is 5.96. The number of benzene rings is 2. The molecule has 0 fully saturated rings. The monoisotopic (exact) mass is 320 g/mol. The molecule has 1 amide bonds. The Labute approximate surface area is 141 Å². The number of aromatic nitrogens is 1. The van der Waals surface area contributed by atoms with Gasteiger partial charge in [-0.3, -0.25) is 9.59 Å². The van der Waals surface area contributed by atoms with Crippen LogP contribution in [-0.2, 0) is 11.8 Å². The predicted octanol–water partition coefficient (Wildman–Crippen LogP) is 3.92. The zero-order chi connectivity index (χ0) is 17.4. The number of para-hydroxylation sites is 1. The highest BCUT2D eigenvalue weighted by Gasteiger charge is 2.24. The van der Waals surface area contributed by atoms with Gasteiger partial charge in [-0.1, -0.05) is 35.9 Å². The third kappa shape index (κ3) is 2.60. The molecule has 1 heterocycles. The Morgan fingerprint density at radius 3 is 2.42 bits per heavy atom. The van der Waals surface area contributed by atoms with Crippen molar-refractivity contribution >= 4 is 28.3 Å². The molecule has 0 spiro atoms. The van der Waals surface area contributed by atoms with Crippen molar-refractivity contribution in [3.05, 3.63) is 64.8 Å². The van der Waals surface area contributed by atoms with Gasteiger partial charge in [-0.15, -0.1) is 0 Å². The number of rotatable bonds is 3. The Kier molecular flexibility index (Phi) is 3.97. The predicted molar refractivity (Wildman–Crippen MR) is 96.5 cm³/mol. The number of fused-ring (bicyclic) bond motifs is 1. The Balaban J connectivity index is 1.97. The first-order valence-corrected chi connectivity index (χ1v) is 7.87. The van der Waals surface area contributed by atoms with Crippen LogP contribution in [-0.4, -0.2) is 16.3 Å². The third-order valence-electron chi connectivity index (χ3n) is 4.46. The molecular formula is C20H20N2O2. The Morgan fingerprint density at radius 2 is 1.71 bits per heavy atom. The van der Waals surface area contributed by atoms with Crippen LogP contribution in [0.3, 0.4) is 0 Å². The minimum Gasteiger partial charge on any atom is -0.347 e. The highest BCUT2D eigenvalue weighted by atomic mass is 16.2. The van der Waals surface area contributed by atoms with Gasteiger partial charge in [0.25, 0.3) is 11.7 Å². The van der Waals surface area contributed by atoms with Crippen LogP contribution in [0.5, 0.6) is 0 Å². The second-order valence-electron chi connectivity index (χ2n) is 6.14. The van der Waals surface area contributed by atoms with Crippen LogP contribution in [0.4, 0.5) is 5.69 Å². The van der Waals surface area contributed by atoms with E-state index in [-0.39, 0.29) is 0 Å². The normalized spacial score (nSPS) is 10.8. The molecule has 4 heteroatoms. The molecule has 0 aliphatic heterocycles. The average Bonchev–Trinajstić information content (AvgIpc) is 2.81. The van der Waals surface area contributed by atoms with Crippen LogP contribution in [0, 0.1) is 20.8 Å². The summed E-state index contributed by atoms with van der Waals surface area (Å²) < 4.78 is 1.94. The van der Waals surface area contributed by atoms with E-state index in [1.54, 1.807) is 0 Å². The lowest BCUT2D eigenvalue weighted by molar-refractivity contribution is -0.112. The van der Waals surface area contributed by atoms with Crippen LogP contribution in [0.2, 0.25) is 0 Å². The lowest BCUT2D eigenvalue weighted by Crippen LogP contribution is -2.24. The van der Waals surface area contributed by atoms with Crippen molar-refractivity contribution in [2.75, 3.05) is 5.32 Å². The molecule has 0 bridgehead atoms. The van der Waals surface area contributed by atoms with E-state index >= 15 is 0 Å².